The smallest absolute Gasteiger partial charge is 0.243 e. The summed E-state index contributed by atoms with van der Waals surface area (Å²) in [6.07, 6.45) is -0.183. The number of hydrogen-bond donors (Lipinski definition) is 2. The van der Waals surface area contributed by atoms with E-state index in [1.54, 1.807) is 44.2 Å². The van der Waals surface area contributed by atoms with Crippen molar-refractivity contribution in [3.63, 3.8) is 0 Å². The molecule has 0 aliphatic carbocycles. The van der Waals surface area contributed by atoms with Crippen molar-refractivity contribution in [3.05, 3.63) is 48.0 Å². The van der Waals surface area contributed by atoms with Gasteiger partial charge in [-0.2, -0.15) is 4.31 Å². The molecule has 0 spiro atoms. The van der Waals surface area contributed by atoms with Gasteiger partial charge in [-0.25, -0.2) is 8.42 Å². The second kappa shape index (κ2) is 9.70. The highest BCUT2D eigenvalue weighted by atomic mass is 32.2. The van der Waals surface area contributed by atoms with E-state index in [1.807, 2.05) is 13.8 Å². The molecule has 1 atom stereocenters. The van der Waals surface area contributed by atoms with E-state index in [9.17, 15) is 18.0 Å². The van der Waals surface area contributed by atoms with Gasteiger partial charge in [0.15, 0.2) is 0 Å². The number of benzene rings is 2. The quantitative estimate of drug-likeness (QED) is 0.628. The molecule has 172 valence electrons. The summed E-state index contributed by atoms with van der Waals surface area (Å²) in [5.74, 6) is -0.992. The van der Waals surface area contributed by atoms with E-state index < -0.39 is 21.8 Å². The molecule has 3 rings (SSSR count). The number of nitrogens with zero attached hydrogens (tertiary/aromatic N) is 1. The van der Waals surface area contributed by atoms with Crippen molar-refractivity contribution in [2.24, 2.45) is 0 Å². The van der Waals surface area contributed by atoms with Crippen LogP contribution in [0.15, 0.2) is 47.4 Å². The number of ether oxygens (including phenoxy) is 1. The zero-order valence-corrected chi connectivity index (χ0v) is 19.5. The van der Waals surface area contributed by atoms with Gasteiger partial charge in [0.1, 0.15) is 5.75 Å². The van der Waals surface area contributed by atoms with E-state index in [0.717, 1.165) is 0 Å². The lowest BCUT2D eigenvalue weighted by atomic mass is 9.90. The maximum atomic E-state index is 13.2. The zero-order valence-electron chi connectivity index (χ0n) is 18.7. The summed E-state index contributed by atoms with van der Waals surface area (Å²) in [5, 5.41) is 5.58. The van der Waals surface area contributed by atoms with E-state index in [0.29, 0.717) is 30.1 Å². The zero-order chi connectivity index (χ0) is 23.5. The molecule has 1 aliphatic rings. The number of sulfonamides is 1. The van der Waals surface area contributed by atoms with Gasteiger partial charge in [0.25, 0.3) is 0 Å². The van der Waals surface area contributed by atoms with Crippen molar-refractivity contribution >= 4 is 33.2 Å². The minimum atomic E-state index is -3.72. The Bertz CT molecular complexity index is 1110. The third-order valence-corrected chi connectivity index (χ3v) is 7.28. The topological polar surface area (TPSA) is 105 Å². The van der Waals surface area contributed by atoms with E-state index >= 15 is 0 Å². The van der Waals surface area contributed by atoms with Gasteiger partial charge in [-0.1, -0.05) is 32.0 Å². The fourth-order valence-electron chi connectivity index (χ4n) is 3.70. The van der Waals surface area contributed by atoms with Crippen molar-refractivity contribution in [2.45, 2.75) is 51.0 Å². The molecule has 2 amide bonds. The number of fused-ring (bicyclic) bond motifs is 1. The van der Waals surface area contributed by atoms with Gasteiger partial charge in [0, 0.05) is 25.2 Å². The number of carbonyl (C=O) groups excluding carboxylic acids is 2. The first kappa shape index (κ1) is 23.7. The van der Waals surface area contributed by atoms with Crippen LogP contribution >= 0.6 is 0 Å². The minimum Gasteiger partial charge on any atom is -0.489 e. The highest BCUT2D eigenvalue weighted by Crippen LogP contribution is 2.35. The van der Waals surface area contributed by atoms with Crippen LogP contribution in [0.25, 0.3) is 0 Å². The summed E-state index contributed by atoms with van der Waals surface area (Å²) in [5.41, 5.74) is 1.56. The van der Waals surface area contributed by atoms with Crippen molar-refractivity contribution in [2.75, 3.05) is 23.7 Å². The monoisotopic (exact) mass is 459 g/mol. The Labute approximate surface area is 189 Å². The van der Waals surface area contributed by atoms with Gasteiger partial charge in [-0.3, -0.25) is 9.59 Å². The number of nitrogens with one attached hydrogen (secondary N) is 2. The molecule has 1 aliphatic heterocycles. The van der Waals surface area contributed by atoms with Crippen LogP contribution in [0.5, 0.6) is 5.75 Å². The van der Waals surface area contributed by atoms with Gasteiger partial charge < -0.3 is 15.4 Å². The van der Waals surface area contributed by atoms with Crippen LogP contribution in [0.3, 0.4) is 0 Å². The maximum absolute atomic E-state index is 13.2. The summed E-state index contributed by atoms with van der Waals surface area (Å²) in [6, 6.07) is 11.6. The molecular formula is C23H29N3O5S. The van der Waals surface area contributed by atoms with Gasteiger partial charge in [0.05, 0.1) is 22.6 Å². The number of rotatable bonds is 8. The molecular weight excluding hydrogens is 430 g/mol. The Morgan fingerprint density at radius 3 is 2.53 bits per heavy atom. The fourth-order valence-corrected chi connectivity index (χ4v) is 5.19. The number of carbonyl (C=O) groups is 2. The standard InChI is InChI=1S/C23H29N3O5S/c1-5-26(6-2)32(29,30)16-11-12-21(31-15(3)4)20(13-16)25-23(28)18-14-22(27)24-19-10-8-7-9-17(18)19/h7-13,15,18H,5-6,14H2,1-4H3,(H,24,27)(H,25,28). The normalized spacial score (nSPS) is 15.9. The first-order chi connectivity index (χ1) is 15.2. The van der Waals surface area contributed by atoms with Crippen LogP contribution in [-0.2, 0) is 19.6 Å². The van der Waals surface area contributed by atoms with Crippen LogP contribution in [0.1, 0.15) is 45.6 Å². The molecule has 8 nitrogen and oxygen atoms in total. The predicted molar refractivity (Wildman–Crippen MR) is 123 cm³/mol. The molecule has 1 unspecified atom stereocenters. The molecule has 0 saturated heterocycles. The highest BCUT2D eigenvalue weighted by molar-refractivity contribution is 7.89. The van der Waals surface area contributed by atoms with E-state index in [4.69, 9.17) is 4.74 Å². The van der Waals surface area contributed by atoms with Crippen molar-refractivity contribution in [1.29, 1.82) is 0 Å². The molecule has 2 aromatic carbocycles. The molecule has 2 aromatic rings. The third kappa shape index (κ3) is 4.94. The largest absolute Gasteiger partial charge is 0.489 e. The van der Waals surface area contributed by atoms with Gasteiger partial charge in [0.2, 0.25) is 21.8 Å². The second-order valence-corrected chi connectivity index (χ2v) is 9.73. The van der Waals surface area contributed by atoms with Crippen molar-refractivity contribution in [3.8, 4) is 5.75 Å². The van der Waals surface area contributed by atoms with Crippen LogP contribution < -0.4 is 15.4 Å². The summed E-state index contributed by atoms with van der Waals surface area (Å²) in [7, 11) is -3.72. The summed E-state index contributed by atoms with van der Waals surface area (Å²) in [6.45, 7) is 7.89. The highest BCUT2D eigenvalue weighted by Gasteiger charge is 2.31. The summed E-state index contributed by atoms with van der Waals surface area (Å²) >= 11 is 0. The molecule has 2 N–H and O–H groups in total. The number of hydrogen-bond acceptors (Lipinski definition) is 5. The molecule has 0 radical (unpaired) electrons. The van der Waals surface area contributed by atoms with Gasteiger partial charge in [-0.05, 0) is 43.7 Å². The third-order valence-electron chi connectivity index (χ3n) is 5.23. The molecule has 0 bridgehead atoms. The molecule has 0 fully saturated rings. The Morgan fingerprint density at radius 2 is 1.88 bits per heavy atom. The lowest BCUT2D eigenvalue weighted by Gasteiger charge is -2.25. The summed E-state index contributed by atoms with van der Waals surface area (Å²) < 4.78 is 33.1. The van der Waals surface area contributed by atoms with Crippen molar-refractivity contribution in [1.82, 2.24) is 4.31 Å². The SMILES string of the molecule is CCN(CC)S(=O)(=O)c1ccc(OC(C)C)c(NC(=O)C2CC(=O)Nc3ccccc32)c1. The molecule has 9 heteroatoms. The lowest BCUT2D eigenvalue weighted by Crippen LogP contribution is -2.31. The van der Waals surface area contributed by atoms with E-state index in [-0.39, 0.29) is 29.0 Å². The fraction of sp³-hybridized carbons (Fsp3) is 0.391. The predicted octanol–water partition coefficient (Wildman–Crippen LogP) is 3.57. The molecule has 0 saturated carbocycles. The molecule has 0 aromatic heterocycles. The first-order valence-electron chi connectivity index (χ1n) is 10.7. The minimum absolute atomic E-state index is 0.000649. The second-order valence-electron chi connectivity index (χ2n) is 7.80. The Kier molecular flexibility index (Phi) is 7.20. The number of amides is 2. The number of anilines is 2. The summed E-state index contributed by atoms with van der Waals surface area (Å²) in [4.78, 5) is 25.4. The van der Waals surface area contributed by atoms with Crippen LogP contribution in [0.4, 0.5) is 11.4 Å². The van der Waals surface area contributed by atoms with Crippen molar-refractivity contribution < 1.29 is 22.7 Å². The van der Waals surface area contributed by atoms with Crippen LogP contribution in [0, 0.1) is 0 Å². The van der Waals surface area contributed by atoms with E-state index in [1.165, 1.54) is 16.4 Å². The van der Waals surface area contributed by atoms with Gasteiger partial charge >= 0.3 is 0 Å². The van der Waals surface area contributed by atoms with Crippen LogP contribution in [0.2, 0.25) is 0 Å². The Balaban J connectivity index is 1.99. The lowest BCUT2D eigenvalue weighted by molar-refractivity contribution is -0.123. The van der Waals surface area contributed by atoms with Gasteiger partial charge in [-0.15, -0.1) is 0 Å². The average molecular weight is 460 g/mol. The van der Waals surface area contributed by atoms with E-state index in [2.05, 4.69) is 10.6 Å². The Hall–Kier alpha value is -2.91. The first-order valence-corrected chi connectivity index (χ1v) is 12.1. The average Bonchev–Trinajstić information content (AvgIpc) is 2.74. The Morgan fingerprint density at radius 1 is 1.19 bits per heavy atom. The van der Waals surface area contributed by atoms with Crippen LogP contribution in [-0.4, -0.2) is 43.7 Å². The molecule has 1 heterocycles. The maximum Gasteiger partial charge on any atom is 0.243 e. The number of para-hydroxylation sites is 1. The molecule has 32 heavy (non-hydrogen) atoms.